The molecule has 0 bridgehead atoms. The molecule has 3 heterocycles. The minimum Gasteiger partial charge on any atom is -0.453 e. The quantitative estimate of drug-likeness (QED) is 0.247. The highest BCUT2D eigenvalue weighted by Gasteiger charge is 2.16. The fraction of sp³-hybridized carbons (Fsp3) is 0.0333. The Morgan fingerprint density at radius 1 is 1.05 bits per heavy atom. The summed E-state index contributed by atoms with van der Waals surface area (Å²) in [4.78, 5) is 34.5. The van der Waals surface area contributed by atoms with Gasteiger partial charge in [-0.3, -0.25) is 24.1 Å². The number of anilines is 1. The van der Waals surface area contributed by atoms with E-state index in [0.29, 0.717) is 33.6 Å². The van der Waals surface area contributed by atoms with Crippen LogP contribution in [-0.2, 0) is 0 Å². The molecule has 4 N–H and O–H groups in total. The number of hydrogen-bond acceptors (Lipinski definition) is 6. The van der Waals surface area contributed by atoms with Gasteiger partial charge in [0.25, 0.3) is 11.5 Å². The summed E-state index contributed by atoms with van der Waals surface area (Å²) in [5.74, 6) is -1.72. The number of hydrogen-bond donors (Lipinski definition) is 3. The van der Waals surface area contributed by atoms with Crippen LogP contribution in [0, 0.1) is 17.0 Å². The van der Waals surface area contributed by atoms with Crippen LogP contribution in [0.4, 0.5) is 14.5 Å². The Labute approximate surface area is 232 Å². The fourth-order valence-electron chi connectivity index (χ4n) is 4.10. The number of carbonyl (C=O) groups is 1. The van der Waals surface area contributed by atoms with Gasteiger partial charge in [-0.05, 0) is 60.7 Å². The van der Waals surface area contributed by atoms with Crippen LogP contribution in [-0.4, -0.2) is 33.7 Å². The topological polar surface area (TPSA) is 127 Å². The van der Waals surface area contributed by atoms with Gasteiger partial charge in [-0.25, -0.2) is 8.78 Å². The van der Waals surface area contributed by atoms with Crippen LogP contribution in [0.5, 0.6) is 11.5 Å². The smallest absolute Gasteiger partial charge is 0.267 e. The number of quaternary nitrogens is 1. The molecule has 5 aromatic rings. The van der Waals surface area contributed by atoms with E-state index in [2.05, 4.69) is 15.3 Å². The number of benzene rings is 2. The number of carbonyl (C=O) groups excluding carboxylic acids is 1. The first-order valence-electron chi connectivity index (χ1n) is 12.4. The summed E-state index contributed by atoms with van der Waals surface area (Å²) in [6, 6.07) is 15.3. The van der Waals surface area contributed by atoms with Crippen molar-refractivity contribution in [1.29, 1.82) is 5.41 Å². The molecule has 0 aliphatic heterocycles. The van der Waals surface area contributed by atoms with Crippen LogP contribution in [0.3, 0.4) is 0 Å². The van der Waals surface area contributed by atoms with E-state index in [4.69, 9.17) is 10.1 Å². The Hall–Kier alpha value is -5.55. The summed E-state index contributed by atoms with van der Waals surface area (Å²) in [7, 11) is 1.84. The molecule has 0 aliphatic carbocycles. The molecular weight excluding hydrogens is 530 g/mol. The van der Waals surface area contributed by atoms with E-state index < -0.39 is 23.1 Å². The molecule has 0 unspecified atom stereocenters. The highest BCUT2D eigenvalue weighted by atomic mass is 19.1. The van der Waals surface area contributed by atoms with Crippen LogP contribution >= 0.6 is 0 Å². The van der Waals surface area contributed by atoms with Crippen molar-refractivity contribution in [1.82, 2.24) is 14.5 Å². The lowest BCUT2D eigenvalue weighted by Gasteiger charge is -2.12. The predicted octanol–water partition coefficient (Wildman–Crippen LogP) is 4.29. The van der Waals surface area contributed by atoms with E-state index >= 15 is 4.39 Å². The van der Waals surface area contributed by atoms with Crippen molar-refractivity contribution in [3.05, 3.63) is 125 Å². The Morgan fingerprint density at radius 2 is 1.85 bits per heavy atom. The van der Waals surface area contributed by atoms with Gasteiger partial charge in [0, 0.05) is 42.2 Å². The largest absolute Gasteiger partial charge is 0.453 e. The molecule has 2 aromatic carbocycles. The molecule has 0 aliphatic rings. The van der Waals surface area contributed by atoms with Crippen molar-refractivity contribution in [3.8, 4) is 17.2 Å². The first-order valence-corrected chi connectivity index (χ1v) is 12.4. The van der Waals surface area contributed by atoms with Gasteiger partial charge in [-0.15, -0.1) is 0 Å². The molecule has 204 valence electrons. The first kappa shape index (κ1) is 27.0. The fourth-order valence-corrected chi connectivity index (χ4v) is 4.10. The summed E-state index contributed by atoms with van der Waals surface area (Å²) >= 11 is 0. The number of nitrogens with one attached hydrogen (secondary N) is 2. The molecule has 41 heavy (non-hydrogen) atoms. The summed E-state index contributed by atoms with van der Waals surface area (Å²) in [6.07, 6.45) is 7.49. The van der Waals surface area contributed by atoms with Crippen molar-refractivity contribution < 1.29 is 23.6 Å². The summed E-state index contributed by atoms with van der Waals surface area (Å²) in [6.45, 7) is 0. The summed E-state index contributed by atoms with van der Waals surface area (Å²) < 4.78 is 35.4. The summed E-state index contributed by atoms with van der Waals surface area (Å²) in [5, 5.41) is 12.5. The van der Waals surface area contributed by atoms with E-state index in [-0.39, 0.29) is 17.0 Å². The van der Waals surface area contributed by atoms with Crippen molar-refractivity contribution in [2.24, 2.45) is 0 Å². The van der Waals surface area contributed by atoms with Gasteiger partial charge in [0.15, 0.2) is 11.6 Å². The maximum atomic E-state index is 15.0. The average molecular weight is 554 g/mol. The molecule has 0 fully saturated rings. The number of allylic oxidation sites excluding steroid dienone is 1. The number of rotatable bonds is 8. The lowest BCUT2D eigenvalue weighted by atomic mass is 10.1. The average Bonchev–Trinajstić information content (AvgIpc) is 2.97. The molecular formula is C30H23F2N6O3+. The highest BCUT2D eigenvalue weighted by molar-refractivity contribution is 6.08. The molecule has 5 rings (SSSR count). The van der Waals surface area contributed by atoms with Gasteiger partial charge in [0.05, 0.1) is 29.2 Å². The van der Waals surface area contributed by atoms with E-state index in [1.807, 2.05) is 7.05 Å². The van der Waals surface area contributed by atoms with E-state index in [0.717, 1.165) is 6.07 Å². The Kier molecular flexibility index (Phi) is 7.70. The normalized spacial score (nSPS) is 11.3. The lowest BCUT2D eigenvalue weighted by molar-refractivity contribution is -0.555. The molecule has 9 nitrogen and oxygen atoms in total. The molecule has 11 heteroatoms. The van der Waals surface area contributed by atoms with Gasteiger partial charge in [0.2, 0.25) is 0 Å². The molecule has 0 saturated carbocycles. The molecule has 0 saturated heterocycles. The molecule has 0 spiro atoms. The number of aromatic nitrogens is 3. The Morgan fingerprint density at radius 3 is 2.59 bits per heavy atom. The highest BCUT2D eigenvalue weighted by Crippen LogP contribution is 2.32. The second kappa shape index (κ2) is 11.7. The van der Waals surface area contributed by atoms with Crippen LogP contribution in [0.15, 0.2) is 96.3 Å². The number of fused-ring (bicyclic) bond motifs is 1. The standard InChI is InChI=1S/C30H22F2N6O3/c1-34-16-18(15-33)25-14-26-23(17-36-25)27(10-11-35-26)41-28-9-6-20(13-24(28)32)37-29(39)22-3-2-12-38(30(22)40)21-7-4-19(31)5-8-21/h2-17,33-34H,1H3,(H,37,39)/p+1/b18-16+,33-15?. The first-order chi connectivity index (χ1) is 19.9. The molecule has 0 radical (unpaired) electrons. The van der Waals surface area contributed by atoms with Gasteiger partial charge < -0.3 is 20.8 Å². The third kappa shape index (κ3) is 5.75. The maximum Gasteiger partial charge on any atom is 0.267 e. The number of nitrogens with zero attached hydrogens (tertiary/aromatic N) is 3. The SMILES string of the molecule is C[NH2+]/C=C(\C=N)c1cc2nccc(Oc3ccc(NC(=O)c4cccn(-c5ccc(F)cc5)c4=O)cc3F)c2cn1. The van der Waals surface area contributed by atoms with Crippen molar-refractivity contribution in [2.75, 3.05) is 12.4 Å². The number of halogens is 2. The van der Waals surface area contributed by atoms with Crippen LogP contribution < -0.4 is 20.9 Å². The van der Waals surface area contributed by atoms with E-state index in [9.17, 15) is 14.0 Å². The molecule has 1 amide bonds. The number of amides is 1. The predicted molar refractivity (Wildman–Crippen MR) is 151 cm³/mol. The van der Waals surface area contributed by atoms with Gasteiger partial charge >= 0.3 is 0 Å². The minimum absolute atomic E-state index is 0.0985. The third-order valence-electron chi connectivity index (χ3n) is 6.09. The maximum absolute atomic E-state index is 15.0. The Bertz CT molecular complexity index is 1870. The van der Waals surface area contributed by atoms with Gasteiger partial charge in [0.1, 0.15) is 23.3 Å². The van der Waals surface area contributed by atoms with Crippen LogP contribution in [0.2, 0.25) is 0 Å². The lowest BCUT2D eigenvalue weighted by Crippen LogP contribution is -2.72. The van der Waals surface area contributed by atoms with Crippen LogP contribution in [0.1, 0.15) is 16.1 Å². The minimum atomic E-state index is -0.748. The van der Waals surface area contributed by atoms with Gasteiger partial charge in [-0.2, -0.15) is 0 Å². The zero-order chi connectivity index (χ0) is 28.9. The molecule has 3 aromatic heterocycles. The number of pyridine rings is 3. The zero-order valence-corrected chi connectivity index (χ0v) is 21.6. The van der Waals surface area contributed by atoms with E-state index in [1.165, 1.54) is 71.7 Å². The summed E-state index contributed by atoms with van der Waals surface area (Å²) in [5.41, 5.74) is 1.43. The second-order valence-electron chi connectivity index (χ2n) is 8.77. The van der Waals surface area contributed by atoms with Crippen molar-refractivity contribution in [2.45, 2.75) is 0 Å². The monoisotopic (exact) mass is 553 g/mol. The van der Waals surface area contributed by atoms with Crippen molar-refractivity contribution >= 4 is 34.3 Å². The van der Waals surface area contributed by atoms with Crippen molar-refractivity contribution in [3.63, 3.8) is 0 Å². The van der Waals surface area contributed by atoms with Crippen LogP contribution in [0.25, 0.3) is 22.2 Å². The van der Waals surface area contributed by atoms with Gasteiger partial charge in [-0.1, -0.05) is 0 Å². The number of ether oxygens (including phenoxy) is 1. The third-order valence-corrected chi connectivity index (χ3v) is 6.09. The van der Waals surface area contributed by atoms with E-state index in [1.54, 1.807) is 29.8 Å². The molecule has 0 atom stereocenters. The Balaban J connectivity index is 1.36. The second-order valence-corrected chi connectivity index (χ2v) is 8.77. The number of nitrogens with two attached hydrogens (primary N) is 1. The zero-order valence-electron chi connectivity index (χ0n) is 21.6.